The van der Waals surface area contributed by atoms with Crippen molar-refractivity contribution in [1.29, 1.82) is 0 Å². The van der Waals surface area contributed by atoms with E-state index in [1.54, 1.807) is 12.1 Å². The minimum Gasteiger partial charge on any atom is -0.740 e. The van der Waals surface area contributed by atoms with Gasteiger partial charge in [0.1, 0.15) is 17.1 Å². The third-order valence-corrected chi connectivity index (χ3v) is 3.76. The van der Waals surface area contributed by atoms with Crippen LogP contribution in [0.3, 0.4) is 0 Å². The van der Waals surface area contributed by atoms with Crippen LogP contribution in [0.2, 0.25) is 0 Å². The molecule has 0 N–H and O–H groups in total. The fourth-order valence-corrected chi connectivity index (χ4v) is 2.74. The number of esters is 1. The van der Waals surface area contributed by atoms with Crippen LogP contribution in [0.15, 0.2) is 18.2 Å². The molecule has 1 heterocycles. The summed E-state index contributed by atoms with van der Waals surface area (Å²) in [7, 11) is 0. The van der Waals surface area contributed by atoms with Crippen LogP contribution in [-0.2, 0) is 33.9 Å². The molecule has 0 saturated heterocycles. The molecular formula is C15H20NO5S-. The van der Waals surface area contributed by atoms with E-state index in [4.69, 9.17) is 4.74 Å². The normalized spacial score (nSPS) is 16.2. The Morgan fingerprint density at radius 2 is 2.18 bits per heavy atom. The van der Waals surface area contributed by atoms with E-state index in [0.717, 1.165) is 30.6 Å². The predicted octanol–water partition coefficient (Wildman–Crippen LogP) is 1.56. The molecule has 1 atom stereocenters. The van der Waals surface area contributed by atoms with Crippen molar-refractivity contribution in [3.8, 4) is 5.75 Å². The summed E-state index contributed by atoms with van der Waals surface area (Å²) in [4.78, 5) is 13.8. The Kier molecular flexibility index (Phi) is 5.93. The van der Waals surface area contributed by atoms with Gasteiger partial charge in [-0.05, 0) is 43.5 Å². The second-order valence-corrected chi connectivity index (χ2v) is 6.11. The number of ether oxygens (including phenoxy) is 1. The first kappa shape index (κ1) is 16.9. The van der Waals surface area contributed by atoms with Gasteiger partial charge in [-0.2, -0.15) is 0 Å². The van der Waals surface area contributed by atoms with Crippen molar-refractivity contribution in [3.63, 3.8) is 0 Å². The van der Waals surface area contributed by atoms with Crippen molar-refractivity contribution in [2.24, 2.45) is 0 Å². The second-order valence-electron chi connectivity index (χ2n) is 5.53. The molecule has 22 heavy (non-hydrogen) atoms. The molecule has 1 aliphatic heterocycles. The molecule has 1 unspecified atom stereocenters. The van der Waals surface area contributed by atoms with Crippen LogP contribution in [-0.4, -0.2) is 38.8 Å². The van der Waals surface area contributed by atoms with E-state index in [1.807, 2.05) is 19.9 Å². The van der Waals surface area contributed by atoms with E-state index in [-0.39, 0.29) is 12.1 Å². The molecule has 122 valence electrons. The van der Waals surface area contributed by atoms with Gasteiger partial charge in [0.25, 0.3) is 0 Å². The molecule has 0 aliphatic carbocycles. The van der Waals surface area contributed by atoms with Gasteiger partial charge in [-0.3, -0.25) is 9.69 Å². The van der Waals surface area contributed by atoms with Crippen molar-refractivity contribution in [3.05, 3.63) is 29.3 Å². The van der Waals surface area contributed by atoms with Gasteiger partial charge in [-0.25, -0.2) is 4.21 Å². The minimum atomic E-state index is -2.55. The van der Waals surface area contributed by atoms with Gasteiger partial charge in [0.2, 0.25) is 0 Å². The zero-order valence-corrected chi connectivity index (χ0v) is 13.6. The van der Waals surface area contributed by atoms with Crippen LogP contribution in [0, 0.1) is 0 Å². The van der Waals surface area contributed by atoms with Crippen LogP contribution >= 0.6 is 0 Å². The molecule has 0 amide bonds. The summed E-state index contributed by atoms with van der Waals surface area (Å²) in [6.07, 6.45) is 1.10. The molecule has 0 radical (unpaired) electrons. The number of benzene rings is 1. The van der Waals surface area contributed by atoms with Gasteiger partial charge in [0.05, 0.1) is 12.5 Å². The molecule has 0 aromatic heterocycles. The molecule has 1 aromatic carbocycles. The quantitative estimate of drug-likeness (QED) is 0.583. The van der Waals surface area contributed by atoms with Crippen molar-refractivity contribution in [2.75, 3.05) is 13.1 Å². The largest absolute Gasteiger partial charge is 0.740 e. The highest BCUT2D eigenvalue weighted by molar-refractivity contribution is 7.74. The molecular weight excluding hydrogens is 306 g/mol. The maximum Gasteiger partial charge on any atom is 0.307 e. The molecule has 1 aliphatic rings. The number of carbonyl (C=O) groups is 1. The maximum atomic E-state index is 11.6. The van der Waals surface area contributed by atoms with Crippen LogP contribution in [0.5, 0.6) is 5.75 Å². The fraction of sp³-hybridized carbons (Fsp3) is 0.533. The van der Waals surface area contributed by atoms with Crippen molar-refractivity contribution < 1.29 is 22.5 Å². The predicted molar refractivity (Wildman–Crippen MR) is 80.8 cm³/mol. The summed E-state index contributed by atoms with van der Waals surface area (Å²) in [5, 5.41) is 0. The third-order valence-electron chi connectivity index (χ3n) is 3.43. The zero-order chi connectivity index (χ0) is 16.1. The van der Waals surface area contributed by atoms with Crippen LogP contribution in [0.25, 0.3) is 0 Å². The first-order chi connectivity index (χ1) is 10.4. The van der Waals surface area contributed by atoms with E-state index >= 15 is 0 Å². The van der Waals surface area contributed by atoms with E-state index in [1.165, 1.54) is 0 Å². The third kappa shape index (κ3) is 5.08. The van der Waals surface area contributed by atoms with Gasteiger partial charge >= 0.3 is 5.97 Å². The summed E-state index contributed by atoms with van der Waals surface area (Å²) >= 11 is -2.55. The Bertz CT molecular complexity index is 561. The lowest BCUT2D eigenvalue weighted by molar-refractivity contribution is -0.147. The van der Waals surface area contributed by atoms with Crippen LogP contribution in [0.4, 0.5) is 0 Å². The molecule has 0 fully saturated rings. The van der Waals surface area contributed by atoms with E-state index in [0.29, 0.717) is 18.7 Å². The lowest BCUT2D eigenvalue weighted by Gasteiger charge is -2.28. The van der Waals surface area contributed by atoms with Crippen LogP contribution in [0.1, 0.15) is 31.4 Å². The summed E-state index contributed by atoms with van der Waals surface area (Å²) in [6.45, 7) is 5.90. The lowest BCUT2D eigenvalue weighted by atomic mass is 9.99. The van der Waals surface area contributed by atoms with Gasteiger partial charge in [-0.1, -0.05) is 6.07 Å². The Balaban J connectivity index is 1.89. The lowest BCUT2D eigenvalue weighted by Crippen LogP contribution is -2.32. The molecule has 2 rings (SSSR count). The van der Waals surface area contributed by atoms with Gasteiger partial charge in [0, 0.05) is 19.6 Å². The standard InChI is InChI=1S/C15H21NO5S/c1-11(2)20-15(17)6-8-16-7-5-12-9-14(21-22(18)19)4-3-13(12)10-16/h3-4,9,11H,5-8,10H2,1-2H3,(H,18,19)/p-1. The summed E-state index contributed by atoms with van der Waals surface area (Å²) < 4.78 is 30.9. The zero-order valence-electron chi connectivity index (χ0n) is 12.7. The monoisotopic (exact) mass is 326 g/mol. The smallest absolute Gasteiger partial charge is 0.307 e. The molecule has 0 saturated carbocycles. The minimum absolute atomic E-state index is 0.0837. The number of carbonyl (C=O) groups excluding carboxylic acids is 1. The molecule has 0 bridgehead atoms. The first-order valence-corrected chi connectivity index (χ1v) is 8.25. The summed E-state index contributed by atoms with van der Waals surface area (Å²) in [5.41, 5.74) is 2.22. The summed E-state index contributed by atoms with van der Waals surface area (Å²) in [6, 6.07) is 5.27. The number of rotatable bonds is 6. The molecule has 7 heteroatoms. The first-order valence-electron chi connectivity index (χ1n) is 7.25. The Morgan fingerprint density at radius 1 is 1.41 bits per heavy atom. The van der Waals surface area contributed by atoms with E-state index < -0.39 is 11.4 Å². The molecule has 0 spiro atoms. The topological polar surface area (TPSA) is 78.9 Å². The highest BCUT2D eigenvalue weighted by atomic mass is 32.2. The Hall–Kier alpha value is -1.44. The Morgan fingerprint density at radius 3 is 2.86 bits per heavy atom. The number of nitrogens with zero attached hydrogens (tertiary/aromatic N) is 1. The van der Waals surface area contributed by atoms with Crippen molar-refractivity contribution in [1.82, 2.24) is 4.90 Å². The fourth-order valence-electron chi connectivity index (χ4n) is 2.48. The van der Waals surface area contributed by atoms with Gasteiger partial charge in [0.15, 0.2) is 0 Å². The number of hydrogen-bond acceptors (Lipinski definition) is 6. The summed E-state index contributed by atoms with van der Waals surface area (Å²) in [5.74, 6) is 0.156. The SMILES string of the molecule is CC(C)OC(=O)CCN1CCc2cc(OS(=O)[O-])ccc2C1. The van der Waals surface area contributed by atoms with Crippen molar-refractivity contribution in [2.45, 2.75) is 39.3 Å². The van der Waals surface area contributed by atoms with Crippen LogP contribution < -0.4 is 4.18 Å². The molecule has 1 aromatic rings. The average Bonchev–Trinajstić information content (AvgIpc) is 2.43. The maximum absolute atomic E-state index is 11.6. The van der Waals surface area contributed by atoms with E-state index in [9.17, 15) is 13.6 Å². The van der Waals surface area contributed by atoms with Gasteiger partial charge in [-0.15, -0.1) is 0 Å². The molecule has 6 nitrogen and oxygen atoms in total. The second kappa shape index (κ2) is 7.71. The van der Waals surface area contributed by atoms with E-state index in [2.05, 4.69) is 9.08 Å². The highest BCUT2D eigenvalue weighted by Gasteiger charge is 2.18. The van der Waals surface area contributed by atoms with Crippen molar-refractivity contribution >= 4 is 17.3 Å². The Labute approximate surface area is 132 Å². The highest BCUT2D eigenvalue weighted by Crippen LogP contribution is 2.24. The average molecular weight is 326 g/mol. The van der Waals surface area contributed by atoms with Gasteiger partial charge < -0.3 is 13.5 Å². The number of hydrogen-bond donors (Lipinski definition) is 0. The number of fused-ring (bicyclic) bond motifs is 1.